The van der Waals surface area contributed by atoms with E-state index >= 15 is 0 Å². The van der Waals surface area contributed by atoms with Crippen LogP contribution in [-0.4, -0.2) is 17.9 Å². The largest absolute Gasteiger partial charge is 0.481 e. The first kappa shape index (κ1) is 19.2. The second kappa shape index (κ2) is 8.90. The van der Waals surface area contributed by atoms with Gasteiger partial charge in [-0.2, -0.15) is 0 Å². The van der Waals surface area contributed by atoms with Crippen molar-refractivity contribution in [1.29, 1.82) is 0 Å². The summed E-state index contributed by atoms with van der Waals surface area (Å²) < 4.78 is 10.9. The molecular formula is C22H22N2O4. The third-order valence-electron chi connectivity index (χ3n) is 4.09. The van der Waals surface area contributed by atoms with Crippen LogP contribution >= 0.6 is 0 Å². The third-order valence-corrected chi connectivity index (χ3v) is 4.09. The zero-order valence-electron chi connectivity index (χ0n) is 15.8. The van der Waals surface area contributed by atoms with Crippen molar-refractivity contribution in [3.05, 3.63) is 83.8 Å². The number of rotatable bonds is 7. The molecular weight excluding hydrogens is 356 g/mol. The van der Waals surface area contributed by atoms with Crippen LogP contribution in [0.5, 0.6) is 5.75 Å². The van der Waals surface area contributed by atoms with E-state index < -0.39 is 6.10 Å². The van der Waals surface area contributed by atoms with Gasteiger partial charge in [0.25, 0.3) is 11.8 Å². The fourth-order valence-electron chi connectivity index (χ4n) is 2.58. The highest BCUT2D eigenvalue weighted by molar-refractivity contribution is 5.96. The van der Waals surface area contributed by atoms with E-state index in [1.165, 1.54) is 0 Å². The van der Waals surface area contributed by atoms with Gasteiger partial charge in [0.1, 0.15) is 11.5 Å². The first-order valence-electron chi connectivity index (χ1n) is 8.96. The number of ether oxygens (including phenoxy) is 1. The van der Waals surface area contributed by atoms with E-state index in [1.807, 2.05) is 31.2 Å². The first-order chi connectivity index (χ1) is 13.5. The molecule has 1 atom stereocenters. The predicted molar refractivity (Wildman–Crippen MR) is 106 cm³/mol. The molecule has 0 spiro atoms. The molecule has 0 aliphatic rings. The number of benzene rings is 2. The van der Waals surface area contributed by atoms with Crippen molar-refractivity contribution >= 4 is 17.5 Å². The Balaban J connectivity index is 1.52. The standard InChI is InChI=1S/C22H22N2O4/c1-15-5-3-6-19(13-15)28-16(2)21(25)24-18-10-8-17(9-11-18)22(26)23-14-20-7-4-12-27-20/h3-13,16H,14H2,1-2H3,(H,23,26)(H,24,25). The lowest BCUT2D eigenvalue weighted by Gasteiger charge is -2.15. The summed E-state index contributed by atoms with van der Waals surface area (Å²) in [7, 11) is 0. The summed E-state index contributed by atoms with van der Waals surface area (Å²) in [5.41, 5.74) is 2.15. The molecule has 3 rings (SSSR count). The van der Waals surface area contributed by atoms with Crippen molar-refractivity contribution < 1.29 is 18.7 Å². The maximum Gasteiger partial charge on any atom is 0.265 e. The molecule has 6 heteroatoms. The van der Waals surface area contributed by atoms with Crippen LogP contribution in [0.25, 0.3) is 0 Å². The van der Waals surface area contributed by atoms with Gasteiger partial charge in [-0.1, -0.05) is 12.1 Å². The van der Waals surface area contributed by atoms with Crippen LogP contribution in [0, 0.1) is 6.92 Å². The van der Waals surface area contributed by atoms with Crippen molar-refractivity contribution in [2.45, 2.75) is 26.5 Å². The molecule has 0 aliphatic heterocycles. The van der Waals surface area contributed by atoms with Gasteiger partial charge < -0.3 is 19.8 Å². The molecule has 0 radical (unpaired) electrons. The Morgan fingerprint density at radius 1 is 1.07 bits per heavy atom. The Morgan fingerprint density at radius 3 is 2.54 bits per heavy atom. The highest BCUT2D eigenvalue weighted by Gasteiger charge is 2.15. The molecule has 2 amide bonds. The Morgan fingerprint density at radius 2 is 1.86 bits per heavy atom. The highest BCUT2D eigenvalue weighted by Crippen LogP contribution is 2.16. The Labute approximate surface area is 163 Å². The number of aryl methyl sites for hydroxylation is 1. The van der Waals surface area contributed by atoms with E-state index in [1.54, 1.807) is 49.6 Å². The van der Waals surface area contributed by atoms with Crippen LogP contribution in [0.15, 0.2) is 71.3 Å². The van der Waals surface area contributed by atoms with Crippen molar-refractivity contribution in [2.75, 3.05) is 5.32 Å². The fraction of sp³-hybridized carbons (Fsp3) is 0.182. The maximum atomic E-state index is 12.3. The van der Waals surface area contributed by atoms with Crippen molar-refractivity contribution in [2.24, 2.45) is 0 Å². The molecule has 2 aromatic carbocycles. The second-order valence-corrected chi connectivity index (χ2v) is 6.41. The summed E-state index contributed by atoms with van der Waals surface area (Å²) in [4.78, 5) is 24.5. The lowest BCUT2D eigenvalue weighted by Crippen LogP contribution is -2.30. The molecule has 1 heterocycles. The molecule has 28 heavy (non-hydrogen) atoms. The van der Waals surface area contributed by atoms with Crippen LogP contribution in [-0.2, 0) is 11.3 Å². The molecule has 6 nitrogen and oxygen atoms in total. The van der Waals surface area contributed by atoms with Gasteiger partial charge in [-0.05, 0) is 67.9 Å². The van der Waals surface area contributed by atoms with Crippen LogP contribution < -0.4 is 15.4 Å². The monoisotopic (exact) mass is 378 g/mol. The molecule has 0 aliphatic carbocycles. The average molecular weight is 378 g/mol. The van der Waals surface area contributed by atoms with E-state index in [-0.39, 0.29) is 11.8 Å². The zero-order valence-corrected chi connectivity index (χ0v) is 15.8. The summed E-state index contributed by atoms with van der Waals surface area (Å²) in [5.74, 6) is 0.841. The number of hydrogen-bond acceptors (Lipinski definition) is 4. The molecule has 2 N–H and O–H groups in total. The highest BCUT2D eigenvalue weighted by atomic mass is 16.5. The van der Waals surface area contributed by atoms with Crippen LogP contribution in [0.1, 0.15) is 28.6 Å². The van der Waals surface area contributed by atoms with E-state index in [9.17, 15) is 9.59 Å². The van der Waals surface area contributed by atoms with Gasteiger partial charge in [-0.25, -0.2) is 0 Å². The van der Waals surface area contributed by atoms with Crippen molar-refractivity contribution in [1.82, 2.24) is 5.32 Å². The lowest BCUT2D eigenvalue weighted by molar-refractivity contribution is -0.122. The van der Waals surface area contributed by atoms with Gasteiger partial charge >= 0.3 is 0 Å². The number of carbonyl (C=O) groups is 2. The van der Waals surface area contributed by atoms with E-state index in [0.29, 0.717) is 29.3 Å². The number of anilines is 1. The molecule has 1 aromatic heterocycles. The molecule has 3 aromatic rings. The SMILES string of the molecule is Cc1cccc(OC(C)C(=O)Nc2ccc(C(=O)NCc3ccco3)cc2)c1. The van der Waals surface area contributed by atoms with Gasteiger partial charge in [-0.3, -0.25) is 9.59 Å². The molecule has 0 bridgehead atoms. The summed E-state index contributed by atoms with van der Waals surface area (Å²) in [6.07, 6.45) is 0.904. The summed E-state index contributed by atoms with van der Waals surface area (Å²) in [6, 6.07) is 17.7. The number of carbonyl (C=O) groups excluding carboxylic acids is 2. The Bertz CT molecular complexity index is 933. The molecule has 0 saturated carbocycles. The second-order valence-electron chi connectivity index (χ2n) is 6.41. The minimum absolute atomic E-state index is 0.217. The van der Waals surface area contributed by atoms with Gasteiger partial charge in [0.05, 0.1) is 12.8 Å². The number of amides is 2. The van der Waals surface area contributed by atoms with E-state index in [0.717, 1.165) is 5.56 Å². The lowest BCUT2D eigenvalue weighted by atomic mass is 10.2. The number of hydrogen-bond donors (Lipinski definition) is 2. The smallest absolute Gasteiger partial charge is 0.265 e. The Hall–Kier alpha value is -3.54. The Kier molecular flexibility index (Phi) is 6.11. The summed E-state index contributed by atoms with van der Waals surface area (Å²) in [6.45, 7) is 3.97. The predicted octanol–water partition coefficient (Wildman–Crippen LogP) is 3.92. The maximum absolute atomic E-state index is 12.3. The average Bonchev–Trinajstić information content (AvgIpc) is 3.20. The van der Waals surface area contributed by atoms with Crippen LogP contribution in [0.2, 0.25) is 0 Å². The van der Waals surface area contributed by atoms with Crippen LogP contribution in [0.4, 0.5) is 5.69 Å². The van der Waals surface area contributed by atoms with E-state index in [4.69, 9.17) is 9.15 Å². The quantitative estimate of drug-likeness (QED) is 0.653. The van der Waals surface area contributed by atoms with E-state index in [2.05, 4.69) is 10.6 Å². The van der Waals surface area contributed by atoms with Gasteiger partial charge in [-0.15, -0.1) is 0 Å². The van der Waals surface area contributed by atoms with Crippen LogP contribution in [0.3, 0.4) is 0 Å². The topological polar surface area (TPSA) is 80.6 Å². The number of nitrogens with one attached hydrogen (secondary N) is 2. The molecule has 0 saturated heterocycles. The normalized spacial score (nSPS) is 11.5. The minimum Gasteiger partial charge on any atom is -0.481 e. The van der Waals surface area contributed by atoms with Gasteiger partial charge in [0.15, 0.2) is 6.10 Å². The zero-order chi connectivity index (χ0) is 19.9. The molecule has 0 fully saturated rings. The van der Waals surface area contributed by atoms with Gasteiger partial charge in [0.2, 0.25) is 0 Å². The fourth-order valence-corrected chi connectivity index (χ4v) is 2.58. The molecule has 144 valence electrons. The van der Waals surface area contributed by atoms with Gasteiger partial charge in [0, 0.05) is 11.3 Å². The minimum atomic E-state index is -0.655. The van der Waals surface area contributed by atoms with Crippen molar-refractivity contribution in [3.8, 4) is 5.75 Å². The number of furan rings is 1. The van der Waals surface area contributed by atoms with Crippen molar-refractivity contribution in [3.63, 3.8) is 0 Å². The molecule has 1 unspecified atom stereocenters. The summed E-state index contributed by atoms with van der Waals surface area (Å²) >= 11 is 0. The third kappa shape index (κ3) is 5.23. The first-order valence-corrected chi connectivity index (χ1v) is 8.96. The summed E-state index contributed by atoms with van der Waals surface area (Å²) in [5, 5.41) is 5.56.